The van der Waals surface area contributed by atoms with Gasteiger partial charge in [-0.25, -0.2) is 8.42 Å². The van der Waals surface area contributed by atoms with Gasteiger partial charge >= 0.3 is 0 Å². The van der Waals surface area contributed by atoms with Crippen LogP contribution in [0.3, 0.4) is 0 Å². The fraction of sp³-hybridized carbons (Fsp3) is 0.400. The van der Waals surface area contributed by atoms with Crippen molar-refractivity contribution in [1.82, 2.24) is 14.8 Å². The largest absolute Gasteiger partial charge is 0.296 e. The highest BCUT2D eigenvalue weighted by Crippen LogP contribution is 2.28. The second kappa shape index (κ2) is 4.99. The number of thiophene rings is 1. The molecule has 0 atom stereocenters. The summed E-state index contributed by atoms with van der Waals surface area (Å²) in [6, 6.07) is 3.86. The van der Waals surface area contributed by atoms with E-state index >= 15 is 0 Å². The van der Waals surface area contributed by atoms with Crippen LogP contribution >= 0.6 is 22.0 Å². The number of nitrogens with zero attached hydrogens (tertiary/aromatic N) is 3. The molecule has 8 heteroatoms. The van der Waals surface area contributed by atoms with Crippen molar-refractivity contribution in [3.63, 3.8) is 0 Å². The second-order valence-corrected chi connectivity index (χ2v) is 7.55. The van der Waals surface area contributed by atoms with Crippen LogP contribution in [-0.2, 0) is 15.6 Å². The Labute approximate surface area is 114 Å². The van der Waals surface area contributed by atoms with Crippen molar-refractivity contribution in [1.29, 1.82) is 0 Å². The van der Waals surface area contributed by atoms with Crippen molar-refractivity contribution in [3.8, 4) is 10.7 Å². The topological polar surface area (TPSA) is 64.8 Å². The Morgan fingerprint density at radius 3 is 2.61 bits per heavy atom. The Morgan fingerprint density at radius 1 is 1.39 bits per heavy atom. The quantitative estimate of drug-likeness (QED) is 0.815. The molecule has 18 heavy (non-hydrogen) atoms. The van der Waals surface area contributed by atoms with Gasteiger partial charge in [0.2, 0.25) is 0 Å². The van der Waals surface area contributed by atoms with Crippen LogP contribution in [0.1, 0.15) is 18.2 Å². The predicted octanol–water partition coefficient (Wildman–Crippen LogP) is 2.65. The van der Waals surface area contributed by atoms with Crippen LogP contribution in [0.2, 0.25) is 0 Å². The molecule has 2 aromatic heterocycles. The van der Waals surface area contributed by atoms with Crippen LogP contribution in [0, 0.1) is 6.92 Å². The van der Waals surface area contributed by atoms with E-state index < -0.39 is 9.05 Å². The van der Waals surface area contributed by atoms with E-state index in [-0.39, 0.29) is 5.16 Å². The standard InChI is InChI=1S/C10H12ClN3O2S2/c1-3-6-14-9(8-5-4-7(2)17-8)12-13-10(14)18(11,15)16/h4-5H,3,6H2,1-2H3. The molecule has 0 fully saturated rings. The highest BCUT2D eigenvalue weighted by atomic mass is 35.7. The highest BCUT2D eigenvalue weighted by molar-refractivity contribution is 8.13. The number of halogens is 1. The molecule has 0 N–H and O–H groups in total. The van der Waals surface area contributed by atoms with Crippen LogP contribution in [0.5, 0.6) is 0 Å². The molecule has 5 nitrogen and oxygen atoms in total. The van der Waals surface area contributed by atoms with Crippen LogP contribution < -0.4 is 0 Å². The van der Waals surface area contributed by atoms with Crippen molar-refractivity contribution < 1.29 is 8.42 Å². The maximum absolute atomic E-state index is 11.4. The van der Waals surface area contributed by atoms with Gasteiger partial charge in [0, 0.05) is 22.1 Å². The zero-order valence-corrected chi connectivity index (χ0v) is 12.3. The lowest BCUT2D eigenvalue weighted by atomic mass is 10.4. The molecule has 0 aliphatic heterocycles. The van der Waals surface area contributed by atoms with Gasteiger partial charge in [0.15, 0.2) is 5.82 Å². The first-order chi connectivity index (χ1) is 8.43. The molecule has 0 saturated heterocycles. The molecule has 0 spiro atoms. The molecule has 2 aromatic rings. The molecule has 0 unspecified atom stereocenters. The summed E-state index contributed by atoms with van der Waals surface area (Å²) in [6.45, 7) is 4.45. The van der Waals surface area contributed by atoms with Crippen molar-refractivity contribution in [3.05, 3.63) is 17.0 Å². The first kappa shape index (κ1) is 13.5. The minimum atomic E-state index is -3.87. The van der Waals surface area contributed by atoms with Crippen LogP contribution in [0.25, 0.3) is 10.7 Å². The van der Waals surface area contributed by atoms with E-state index in [2.05, 4.69) is 10.2 Å². The van der Waals surface area contributed by atoms with Crippen LogP contribution in [-0.4, -0.2) is 23.2 Å². The maximum atomic E-state index is 11.4. The second-order valence-electron chi connectivity index (χ2n) is 3.81. The molecule has 0 saturated carbocycles. The minimum absolute atomic E-state index is 0.188. The number of hydrogen-bond donors (Lipinski definition) is 0. The fourth-order valence-corrected chi connectivity index (χ4v) is 3.41. The van der Waals surface area contributed by atoms with E-state index in [0.717, 1.165) is 16.2 Å². The first-order valence-corrected chi connectivity index (χ1v) is 8.50. The third kappa shape index (κ3) is 2.57. The zero-order chi connectivity index (χ0) is 13.3. The Morgan fingerprint density at radius 2 is 2.11 bits per heavy atom. The lowest BCUT2D eigenvalue weighted by molar-refractivity contribution is 0.570. The summed E-state index contributed by atoms with van der Waals surface area (Å²) in [5, 5.41) is 7.45. The van der Waals surface area contributed by atoms with Gasteiger partial charge < -0.3 is 0 Å². The van der Waals surface area contributed by atoms with Crippen molar-refractivity contribution in [2.45, 2.75) is 32.0 Å². The summed E-state index contributed by atoms with van der Waals surface area (Å²) >= 11 is 1.54. The van der Waals surface area contributed by atoms with Gasteiger partial charge in [-0.15, -0.1) is 21.5 Å². The average Bonchev–Trinajstić information content (AvgIpc) is 2.83. The first-order valence-electron chi connectivity index (χ1n) is 5.38. The fourth-order valence-electron chi connectivity index (χ4n) is 1.63. The van der Waals surface area contributed by atoms with Gasteiger partial charge in [0.05, 0.1) is 4.88 Å². The van der Waals surface area contributed by atoms with Gasteiger partial charge in [-0.05, 0) is 25.5 Å². The monoisotopic (exact) mass is 305 g/mol. The maximum Gasteiger partial charge on any atom is 0.296 e. The zero-order valence-electron chi connectivity index (χ0n) is 9.92. The summed E-state index contributed by atoms with van der Waals surface area (Å²) in [5.74, 6) is 0.550. The summed E-state index contributed by atoms with van der Waals surface area (Å²) < 4.78 is 24.4. The Kier molecular flexibility index (Phi) is 3.74. The summed E-state index contributed by atoms with van der Waals surface area (Å²) in [6.07, 6.45) is 0.773. The summed E-state index contributed by atoms with van der Waals surface area (Å²) in [5.41, 5.74) is 0. The molecule has 0 amide bonds. The van der Waals surface area contributed by atoms with E-state index in [0.29, 0.717) is 12.4 Å². The van der Waals surface area contributed by atoms with E-state index in [1.165, 1.54) is 0 Å². The molecule has 0 radical (unpaired) electrons. The predicted molar refractivity (Wildman–Crippen MR) is 71.4 cm³/mol. The SMILES string of the molecule is CCCn1c(-c2ccc(C)s2)nnc1S(=O)(=O)Cl. The van der Waals surface area contributed by atoms with Crippen LogP contribution in [0.15, 0.2) is 17.3 Å². The van der Waals surface area contributed by atoms with Crippen molar-refractivity contribution in [2.75, 3.05) is 0 Å². The van der Waals surface area contributed by atoms with E-state index in [1.807, 2.05) is 26.0 Å². The summed E-state index contributed by atoms with van der Waals surface area (Å²) in [7, 11) is 1.49. The highest BCUT2D eigenvalue weighted by Gasteiger charge is 2.23. The smallest absolute Gasteiger partial charge is 0.296 e. The molecule has 0 aliphatic carbocycles. The van der Waals surface area contributed by atoms with E-state index in [9.17, 15) is 8.42 Å². The molecule has 0 aromatic carbocycles. The molecular weight excluding hydrogens is 294 g/mol. The van der Waals surface area contributed by atoms with Gasteiger partial charge in [-0.2, -0.15) is 0 Å². The Hall–Kier alpha value is -0.920. The van der Waals surface area contributed by atoms with E-state index in [1.54, 1.807) is 15.9 Å². The normalized spacial score (nSPS) is 11.9. The lowest BCUT2D eigenvalue weighted by Gasteiger charge is -2.05. The average molecular weight is 306 g/mol. The number of aromatic nitrogens is 3. The molecule has 0 aliphatic rings. The molecule has 0 bridgehead atoms. The molecule has 2 heterocycles. The van der Waals surface area contributed by atoms with Gasteiger partial charge in [0.1, 0.15) is 0 Å². The lowest BCUT2D eigenvalue weighted by Crippen LogP contribution is -2.07. The van der Waals surface area contributed by atoms with Crippen molar-refractivity contribution in [2.24, 2.45) is 0 Å². The minimum Gasteiger partial charge on any atom is -0.296 e. The van der Waals surface area contributed by atoms with Gasteiger partial charge in [-0.1, -0.05) is 6.92 Å². The van der Waals surface area contributed by atoms with E-state index in [4.69, 9.17) is 10.7 Å². The Bertz CT molecular complexity index is 660. The molecular formula is C10H12ClN3O2S2. The van der Waals surface area contributed by atoms with Crippen molar-refractivity contribution >= 4 is 31.1 Å². The van der Waals surface area contributed by atoms with Gasteiger partial charge in [-0.3, -0.25) is 4.57 Å². The number of hydrogen-bond acceptors (Lipinski definition) is 5. The molecule has 98 valence electrons. The van der Waals surface area contributed by atoms with Crippen LogP contribution in [0.4, 0.5) is 0 Å². The number of aryl methyl sites for hydroxylation is 1. The van der Waals surface area contributed by atoms with Gasteiger partial charge in [0.25, 0.3) is 14.2 Å². The molecule has 2 rings (SSSR count). The third-order valence-corrected chi connectivity index (χ3v) is 4.49. The summed E-state index contributed by atoms with van der Waals surface area (Å²) in [4.78, 5) is 2.02. The third-order valence-electron chi connectivity index (χ3n) is 2.34. The Balaban J connectivity index is 2.59. The number of rotatable bonds is 4.